The van der Waals surface area contributed by atoms with Crippen LogP contribution in [0.15, 0.2) is 0 Å². The van der Waals surface area contributed by atoms with Gasteiger partial charge in [0.15, 0.2) is 0 Å². The number of halogens is 3. The van der Waals surface area contributed by atoms with Crippen LogP contribution in [-0.2, 0) is 4.74 Å². The molecule has 64 valence electrons. The largest absolute Gasteiger partial charge is 0.457 e. The number of hydrogen-bond donors (Lipinski definition) is 0. The smallest absolute Gasteiger partial charge is 0.369 e. The van der Waals surface area contributed by atoms with E-state index in [1.807, 2.05) is 12.8 Å². The van der Waals surface area contributed by atoms with Crippen LogP contribution < -0.4 is 0 Å². The summed E-state index contributed by atoms with van der Waals surface area (Å²) in [5.41, 5.74) is 0. The van der Waals surface area contributed by atoms with Gasteiger partial charge in [-0.05, 0) is 6.42 Å². The summed E-state index contributed by atoms with van der Waals surface area (Å²) < 4.78 is 38.7. The molecule has 0 fully saturated rings. The molecule has 0 saturated heterocycles. The van der Waals surface area contributed by atoms with E-state index in [0.29, 0.717) is 6.61 Å². The van der Waals surface area contributed by atoms with Crippen LogP contribution in [0.1, 0.15) is 13.3 Å². The van der Waals surface area contributed by atoms with Crippen LogP contribution in [0.5, 0.6) is 0 Å². The monoisotopic (exact) mass is 166 g/mol. The van der Waals surface area contributed by atoms with Crippen molar-refractivity contribution in [1.82, 2.24) is 0 Å². The number of ether oxygens (including phenoxy) is 1. The van der Waals surface area contributed by atoms with Crippen LogP contribution in [0.4, 0.5) is 13.2 Å². The van der Waals surface area contributed by atoms with Crippen LogP contribution in [0, 0.1) is 11.8 Å². The van der Waals surface area contributed by atoms with Crippen molar-refractivity contribution < 1.29 is 17.9 Å². The summed E-state index contributed by atoms with van der Waals surface area (Å²) in [5.74, 6) is 2.97. The Balaban J connectivity index is 3.41. The van der Waals surface area contributed by atoms with E-state index in [2.05, 4.69) is 0 Å². The summed E-state index contributed by atoms with van der Waals surface area (Å²) >= 11 is 0. The van der Waals surface area contributed by atoms with Gasteiger partial charge < -0.3 is 4.74 Å². The lowest BCUT2D eigenvalue weighted by molar-refractivity contribution is -0.0699. The Morgan fingerprint density at radius 2 is 2.00 bits per heavy atom. The molecule has 0 aromatic rings. The summed E-state index contributed by atoms with van der Waals surface area (Å²) in [6.45, 7) is 2.18. The number of alkyl halides is 3. The molecule has 1 nitrogen and oxygen atoms in total. The third kappa shape index (κ3) is 9.31. The van der Waals surface area contributed by atoms with Gasteiger partial charge in [-0.15, -0.1) is 0 Å². The van der Waals surface area contributed by atoms with Gasteiger partial charge in [-0.3, -0.25) is 0 Å². The fourth-order valence-corrected chi connectivity index (χ4v) is 0.404. The molecule has 0 aromatic carbocycles. The fourth-order valence-electron chi connectivity index (χ4n) is 0.404. The molecule has 0 bridgehead atoms. The highest BCUT2D eigenvalue weighted by Crippen LogP contribution is 2.11. The first-order valence-electron chi connectivity index (χ1n) is 3.20. The quantitative estimate of drug-likeness (QED) is 0.460. The zero-order valence-corrected chi connectivity index (χ0v) is 6.16. The summed E-state index contributed by atoms with van der Waals surface area (Å²) in [7, 11) is 0. The molecular formula is C7H9F3O. The van der Waals surface area contributed by atoms with E-state index in [9.17, 15) is 13.2 Å². The lowest BCUT2D eigenvalue weighted by atomic mass is 10.5. The van der Waals surface area contributed by atoms with E-state index in [-0.39, 0.29) is 6.61 Å². The van der Waals surface area contributed by atoms with Crippen molar-refractivity contribution in [3.63, 3.8) is 0 Å². The first-order chi connectivity index (χ1) is 5.06. The zero-order valence-electron chi connectivity index (χ0n) is 6.16. The highest BCUT2D eigenvalue weighted by molar-refractivity contribution is 5.05. The zero-order chi connectivity index (χ0) is 8.74. The van der Waals surface area contributed by atoms with Gasteiger partial charge in [0.2, 0.25) is 0 Å². The van der Waals surface area contributed by atoms with Crippen LogP contribution in [0.25, 0.3) is 0 Å². The van der Waals surface area contributed by atoms with Gasteiger partial charge in [0.05, 0.1) is 0 Å². The van der Waals surface area contributed by atoms with Gasteiger partial charge in [-0.2, -0.15) is 13.2 Å². The number of hydrogen-bond acceptors (Lipinski definition) is 1. The predicted molar refractivity (Wildman–Crippen MR) is 34.9 cm³/mol. The normalized spacial score (nSPS) is 10.5. The van der Waals surface area contributed by atoms with Crippen molar-refractivity contribution in [2.75, 3.05) is 13.2 Å². The minimum atomic E-state index is -4.39. The SMILES string of the molecule is CCCOCC#CC(F)(F)F. The van der Waals surface area contributed by atoms with E-state index >= 15 is 0 Å². The molecule has 0 aliphatic rings. The lowest BCUT2D eigenvalue weighted by Crippen LogP contribution is -2.02. The molecule has 0 heterocycles. The van der Waals surface area contributed by atoms with E-state index in [4.69, 9.17) is 4.74 Å². The first-order valence-corrected chi connectivity index (χ1v) is 3.20. The van der Waals surface area contributed by atoms with Gasteiger partial charge in [0, 0.05) is 12.5 Å². The fraction of sp³-hybridized carbons (Fsp3) is 0.714. The summed E-state index contributed by atoms with van der Waals surface area (Å²) in [6, 6.07) is 0. The summed E-state index contributed by atoms with van der Waals surface area (Å²) in [5, 5.41) is 0. The lowest BCUT2D eigenvalue weighted by Gasteiger charge is -1.94. The van der Waals surface area contributed by atoms with E-state index in [0.717, 1.165) is 12.3 Å². The van der Waals surface area contributed by atoms with Gasteiger partial charge >= 0.3 is 6.18 Å². The van der Waals surface area contributed by atoms with Crippen molar-refractivity contribution in [2.45, 2.75) is 19.5 Å². The third-order valence-electron chi connectivity index (χ3n) is 0.753. The van der Waals surface area contributed by atoms with Crippen LogP contribution in [0.2, 0.25) is 0 Å². The Morgan fingerprint density at radius 3 is 2.45 bits per heavy atom. The second kappa shape index (κ2) is 5.03. The molecule has 0 aromatic heterocycles. The van der Waals surface area contributed by atoms with Crippen molar-refractivity contribution >= 4 is 0 Å². The molecule has 4 heteroatoms. The van der Waals surface area contributed by atoms with E-state index in [1.165, 1.54) is 0 Å². The molecule has 0 aliphatic heterocycles. The average Bonchev–Trinajstić information content (AvgIpc) is 1.85. The Morgan fingerprint density at radius 1 is 1.36 bits per heavy atom. The molecule has 0 radical (unpaired) electrons. The third-order valence-corrected chi connectivity index (χ3v) is 0.753. The van der Waals surface area contributed by atoms with Crippen LogP contribution in [0.3, 0.4) is 0 Å². The van der Waals surface area contributed by atoms with Crippen LogP contribution >= 0.6 is 0 Å². The maximum absolute atomic E-state index is 11.3. The molecule has 0 spiro atoms. The summed E-state index contributed by atoms with van der Waals surface area (Å²) in [4.78, 5) is 0. The van der Waals surface area contributed by atoms with Gasteiger partial charge in [-0.25, -0.2) is 0 Å². The first kappa shape index (κ1) is 10.3. The standard InChI is InChI=1S/C7H9F3O/c1-2-5-11-6-3-4-7(8,9)10/h2,5-6H2,1H3. The molecule has 0 rings (SSSR count). The molecule has 0 amide bonds. The minimum Gasteiger partial charge on any atom is -0.369 e. The molecule has 0 N–H and O–H groups in total. The van der Waals surface area contributed by atoms with Crippen molar-refractivity contribution in [2.24, 2.45) is 0 Å². The highest BCUT2D eigenvalue weighted by Gasteiger charge is 2.22. The average molecular weight is 166 g/mol. The Kier molecular flexibility index (Phi) is 4.71. The Bertz CT molecular complexity index is 151. The van der Waals surface area contributed by atoms with Crippen molar-refractivity contribution in [3.8, 4) is 11.8 Å². The predicted octanol–water partition coefficient (Wildman–Crippen LogP) is 1.98. The van der Waals surface area contributed by atoms with E-state index in [1.54, 1.807) is 0 Å². The molecule has 0 unspecified atom stereocenters. The minimum absolute atomic E-state index is 0.145. The topological polar surface area (TPSA) is 9.23 Å². The molecule has 0 atom stereocenters. The molecular weight excluding hydrogens is 157 g/mol. The van der Waals surface area contributed by atoms with Gasteiger partial charge in [-0.1, -0.05) is 12.8 Å². The van der Waals surface area contributed by atoms with Crippen molar-refractivity contribution in [3.05, 3.63) is 0 Å². The molecule has 0 aliphatic carbocycles. The Labute approximate surface area is 63.5 Å². The summed E-state index contributed by atoms with van der Waals surface area (Å²) in [6.07, 6.45) is -3.61. The molecule has 0 saturated carbocycles. The maximum Gasteiger partial charge on any atom is 0.457 e. The molecule has 11 heavy (non-hydrogen) atoms. The van der Waals surface area contributed by atoms with Gasteiger partial charge in [0.1, 0.15) is 6.61 Å². The highest BCUT2D eigenvalue weighted by atomic mass is 19.4. The number of rotatable bonds is 3. The maximum atomic E-state index is 11.3. The Hall–Kier alpha value is -0.690. The van der Waals surface area contributed by atoms with Gasteiger partial charge in [0.25, 0.3) is 0 Å². The second-order valence-corrected chi connectivity index (χ2v) is 1.85. The van der Waals surface area contributed by atoms with Crippen molar-refractivity contribution in [1.29, 1.82) is 0 Å². The second-order valence-electron chi connectivity index (χ2n) is 1.85. The van der Waals surface area contributed by atoms with E-state index < -0.39 is 6.18 Å². The van der Waals surface area contributed by atoms with Crippen LogP contribution in [-0.4, -0.2) is 19.4 Å².